The molecule has 5 nitrogen and oxygen atoms in total. The van der Waals surface area contributed by atoms with Gasteiger partial charge in [0.25, 0.3) is 0 Å². The highest BCUT2D eigenvalue weighted by Crippen LogP contribution is 1.97. The minimum absolute atomic E-state index is 0.0206. The lowest BCUT2D eigenvalue weighted by atomic mass is 10.3. The molecule has 48 valence electrons. The lowest BCUT2D eigenvalue weighted by molar-refractivity contribution is -0.117. The molecule has 5 heteroatoms. The molecule has 0 spiro atoms. The molecule has 1 rings (SSSR count). The fourth-order valence-corrected chi connectivity index (χ4v) is 0.731. The number of ketones is 1. The van der Waals surface area contributed by atoms with E-state index in [2.05, 4.69) is 15.3 Å². The van der Waals surface area contributed by atoms with E-state index in [0.717, 1.165) is 0 Å². The molecule has 0 amide bonds. The molecule has 0 saturated carbocycles. The maximum atomic E-state index is 10.6. The second kappa shape index (κ2) is 2.48. The molecule has 9 heavy (non-hydrogen) atoms. The molecule has 0 aliphatic carbocycles. The van der Waals surface area contributed by atoms with E-state index in [4.69, 9.17) is 5.53 Å². The predicted molar refractivity (Wildman–Crippen MR) is 30.8 cm³/mol. The highest BCUT2D eigenvalue weighted by atomic mass is 16.1. The number of rotatable bonds is 1. The van der Waals surface area contributed by atoms with E-state index in [9.17, 15) is 4.79 Å². The molecular weight excluding hydrogens is 120 g/mol. The second-order valence-corrected chi connectivity index (χ2v) is 1.82. The summed E-state index contributed by atoms with van der Waals surface area (Å²) in [5.74, 6) is -0.0206. The van der Waals surface area contributed by atoms with Crippen LogP contribution in [-0.2, 0) is 4.79 Å². The molecule has 0 bridgehead atoms. The van der Waals surface area contributed by atoms with Gasteiger partial charge in [-0.15, -0.1) is 0 Å². The molecule has 1 N–H and O–H groups in total. The smallest absolute Gasteiger partial charge is 0.156 e. The van der Waals surface area contributed by atoms with Crippen molar-refractivity contribution in [2.45, 2.75) is 6.04 Å². The number of carbonyl (C=O) groups excluding carboxylic acids is 1. The van der Waals surface area contributed by atoms with E-state index in [0.29, 0.717) is 13.1 Å². The zero-order valence-electron chi connectivity index (χ0n) is 4.74. The van der Waals surface area contributed by atoms with Gasteiger partial charge in [0.1, 0.15) is 6.04 Å². The van der Waals surface area contributed by atoms with Crippen molar-refractivity contribution in [3.05, 3.63) is 10.4 Å². The molecule has 0 aromatic rings. The Morgan fingerprint density at radius 3 is 3.11 bits per heavy atom. The van der Waals surface area contributed by atoms with Crippen LogP contribution in [0.5, 0.6) is 0 Å². The zero-order valence-corrected chi connectivity index (χ0v) is 4.74. The molecular formula is C4H6N4O. The van der Waals surface area contributed by atoms with Crippen LogP contribution < -0.4 is 5.32 Å². The number of nitrogens with zero attached hydrogens (tertiary/aromatic N) is 3. The van der Waals surface area contributed by atoms with Gasteiger partial charge in [-0.2, -0.15) is 0 Å². The van der Waals surface area contributed by atoms with E-state index < -0.39 is 6.04 Å². The monoisotopic (exact) mass is 126 g/mol. The second-order valence-electron chi connectivity index (χ2n) is 1.82. The van der Waals surface area contributed by atoms with Crippen molar-refractivity contribution in [2.75, 3.05) is 13.1 Å². The Morgan fingerprint density at radius 2 is 2.67 bits per heavy atom. The van der Waals surface area contributed by atoms with Crippen molar-refractivity contribution >= 4 is 5.78 Å². The lowest BCUT2D eigenvalue weighted by Crippen LogP contribution is -2.13. The van der Waals surface area contributed by atoms with Gasteiger partial charge in [0, 0.05) is 11.5 Å². The van der Waals surface area contributed by atoms with Crippen LogP contribution in [0.1, 0.15) is 0 Å². The zero-order chi connectivity index (χ0) is 6.69. The number of azide groups is 1. The van der Waals surface area contributed by atoms with Crippen molar-refractivity contribution in [1.82, 2.24) is 5.32 Å². The van der Waals surface area contributed by atoms with Gasteiger partial charge < -0.3 is 5.32 Å². The quantitative estimate of drug-likeness (QED) is 0.301. The van der Waals surface area contributed by atoms with Crippen molar-refractivity contribution in [3.8, 4) is 0 Å². The van der Waals surface area contributed by atoms with E-state index in [1.165, 1.54) is 0 Å². The first-order valence-corrected chi connectivity index (χ1v) is 2.62. The normalized spacial score (nSPS) is 25.8. The van der Waals surface area contributed by atoms with Crippen LogP contribution in [0, 0.1) is 0 Å². The van der Waals surface area contributed by atoms with E-state index in [1.807, 2.05) is 0 Å². The third-order valence-electron chi connectivity index (χ3n) is 1.20. The number of carbonyl (C=O) groups is 1. The number of hydrogen-bond donors (Lipinski definition) is 1. The van der Waals surface area contributed by atoms with E-state index in [-0.39, 0.29) is 5.78 Å². The first kappa shape index (κ1) is 6.07. The Kier molecular flexibility index (Phi) is 1.67. The summed E-state index contributed by atoms with van der Waals surface area (Å²) in [6, 6.07) is -0.463. The minimum atomic E-state index is -0.463. The summed E-state index contributed by atoms with van der Waals surface area (Å²) in [5.41, 5.74) is 7.92. The highest BCUT2D eigenvalue weighted by molar-refractivity contribution is 5.88. The summed E-state index contributed by atoms with van der Waals surface area (Å²) >= 11 is 0. The molecule has 0 aromatic carbocycles. The van der Waals surface area contributed by atoms with E-state index >= 15 is 0 Å². The highest BCUT2D eigenvalue weighted by Gasteiger charge is 2.21. The molecule has 1 heterocycles. The third-order valence-corrected chi connectivity index (χ3v) is 1.20. The van der Waals surface area contributed by atoms with Crippen molar-refractivity contribution < 1.29 is 4.79 Å². The van der Waals surface area contributed by atoms with Crippen LogP contribution >= 0.6 is 0 Å². The summed E-state index contributed by atoms with van der Waals surface area (Å²) in [6.45, 7) is 0.826. The summed E-state index contributed by atoms with van der Waals surface area (Å²) in [7, 11) is 0. The molecule has 1 aliphatic heterocycles. The fraction of sp³-hybridized carbons (Fsp3) is 0.750. The Bertz CT molecular complexity index is 171. The van der Waals surface area contributed by atoms with E-state index in [1.54, 1.807) is 0 Å². The van der Waals surface area contributed by atoms with Gasteiger partial charge in [-0.05, 0) is 5.53 Å². The first-order chi connectivity index (χ1) is 4.34. The Hall–Kier alpha value is -1.06. The van der Waals surface area contributed by atoms with Gasteiger partial charge in [-0.25, -0.2) is 0 Å². The molecule has 1 aliphatic rings. The van der Waals surface area contributed by atoms with Crippen LogP contribution in [-0.4, -0.2) is 24.9 Å². The molecule has 1 unspecified atom stereocenters. The van der Waals surface area contributed by atoms with Gasteiger partial charge in [-0.1, -0.05) is 5.11 Å². The average Bonchev–Trinajstić information content (AvgIpc) is 2.18. The fourth-order valence-electron chi connectivity index (χ4n) is 0.731. The minimum Gasteiger partial charge on any atom is -0.309 e. The largest absolute Gasteiger partial charge is 0.309 e. The van der Waals surface area contributed by atoms with Crippen molar-refractivity contribution in [3.63, 3.8) is 0 Å². The van der Waals surface area contributed by atoms with Gasteiger partial charge >= 0.3 is 0 Å². The molecule has 1 fully saturated rings. The molecule has 0 radical (unpaired) electrons. The van der Waals surface area contributed by atoms with Crippen LogP contribution in [0.15, 0.2) is 5.11 Å². The third kappa shape index (κ3) is 1.19. The Morgan fingerprint density at radius 1 is 1.89 bits per heavy atom. The summed E-state index contributed by atoms with van der Waals surface area (Å²) < 4.78 is 0. The van der Waals surface area contributed by atoms with Gasteiger partial charge in [0.2, 0.25) is 0 Å². The SMILES string of the molecule is [N-]=[N+]=NC1CNCC1=O. The number of hydrogen-bond acceptors (Lipinski definition) is 3. The predicted octanol–water partition coefficient (Wildman–Crippen LogP) is -0.162. The number of Topliss-reactive ketones (excluding diaryl/α,β-unsaturated/α-hetero) is 1. The lowest BCUT2D eigenvalue weighted by Gasteiger charge is -1.91. The summed E-state index contributed by atoms with van der Waals surface area (Å²) in [6.07, 6.45) is 0. The van der Waals surface area contributed by atoms with Crippen LogP contribution in [0.25, 0.3) is 10.4 Å². The summed E-state index contributed by atoms with van der Waals surface area (Å²) in [5, 5.41) is 6.07. The van der Waals surface area contributed by atoms with Crippen LogP contribution in [0.3, 0.4) is 0 Å². The van der Waals surface area contributed by atoms with Crippen LogP contribution in [0.4, 0.5) is 0 Å². The van der Waals surface area contributed by atoms with Crippen molar-refractivity contribution in [1.29, 1.82) is 0 Å². The Balaban J connectivity index is 2.59. The average molecular weight is 126 g/mol. The molecule has 1 atom stereocenters. The number of nitrogens with one attached hydrogen (secondary N) is 1. The first-order valence-electron chi connectivity index (χ1n) is 2.62. The maximum absolute atomic E-state index is 10.6. The van der Waals surface area contributed by atoms with Gasteiger partial charge in [-0.3, -0.25) is 4.79 Å². The topological polar surface area (TPSA) is 77.9 Å². The van der Waals surface area contributed by atoms with Gasteiger partial charge in [0.15, 0.2) is 5.78 Å². The summed E-state index contributed by atoms with van der Waals surface area (Å²) in [4.78, 5) is 13.2. The van der Waals surface area contributed by atoms with Gasteiger partial charge in [0.05, 0.1) is 6.54 Å². The molecule has 1 saturated heterocycles. The maximum Gasteiger partial charge on any atom is 0.156 e. The standard InChI is InChI=1S/C4H6N4O/c5-8-7-3-1-6-2-4(3)9/h3,6H,1-2H2. The van der Waals surface area contributed by atoms with Crippen molar-refractivity contribution in [2.24, 2.45) is 5.11 Å². The van der Waals surface area contributed by atoms with Crippen LogP contribution in [0.2, 0.25) is 0 Å². The Labute approximate surface area is 51.7 Å². The molecule has 0 aromatic heterocycles.